The third kappa shape index (κ3) is 4.36. The maximum absolute atomic E-state index is 12.1. The molecule has 20 heavy (non-hydrogen) atoms. The van der Waals surface area contributed by atoms with E-state index in [-0.39, 0.29) is 22.2 Å². The Hall–Kier alpha value is -1.32. The third-order valence-corrected chi connectivity index (χ3v) is 4.97. The molecule has 112 valence electrons. The standard InChI is InChI=1S/C11H17N3O4S2/c1-8(7-19-2)6-13-20(17,18)11-4-3-9(14(15)16)5-10(11)12/h3-5,8,13H,6-7,12H2,1-2H3. The summed E-state index contributed by atoms with van der Waals surface area (Å²) in [6, 6.07) is 3.31. The molecule has 1 unspecified atom stereocenters. The Morgan fingerprint density at radius 3 is 2.65 bits per heavy atom. The van der Waals surface area contributed by atoms with Crippen LogP contribution in [0.5, 0.6) is 0 Å². The molecule has 0 aromatic heterocycles. The van der Waals surface area contributed by atoms with Gasteiger partial charge >= 0.3 is 0 Å². The monoisotopic (exact) mass is 319 g/mol. The molecule has 1 aromatic rings. The van der Waals surface area contributed by atoms with Gasteiger partial charge in [-0.1, -0.05) is 6.92 Å². The SMILES string of the molecule is CSCC(C)CNS(=O)(=O)c1ccc([N+](=O)[O-])cc1N. The molecule has 0 bridgehead atoms. The minimum absolute atomic E-state index is 0.135. The van der Waals surface area contributed by atoms with Crippen LogP contribution in [0.2, 0.25) is 0 Å². The lowest BCUT2D eigenvalue weighted by atomic mass is 10.2. The molecular weight excluding hydrogens is 302 g/mol. The van der Waals surface area contributed by atoms with Crippen LogP contribution in [0, 0.1) is 16.0 Å². The number of hydrogen-bond acceptors (Lipinski definition) is 6. The predicted molar refractivity (Wildman–Crippen MR) is 80.2 cm³/mol. The van der Waals surface area contributed by atoms with Crippen molar-refractivity contribution in [2.24, 2.45) is 5.92 Å². The molecule has 7 nitrogen and oxygen atoms in total. The van der Waals surface area contributed by atoms with Crippen LogP contribution in [0.1, 0.15) is 6.92 Å². The molecule has 0 amide bonds. The minimum Gasteiger partial charge on any atom is -0.397 e. The van der Waals surface area contributed by atoms with Gasteiger partial charge in [-0.05, 0) is 24.0 Å². The number of thioether (sulfide) groups is 1. The van der Waals surface area contributed by atoms with E-state index in [4.69, 9.17) is 5.73 Å². The summed E-state index contributed by atoms with van der Waals surface area (Å²) in [5, 5.41) is 10.6. The van der Waals surface area contributed by atoms with Crippen LogP contribution in [-0.2, 0) is 10.0 Å². The van der Waals surface area contributed by atoms with Crippen LogP contribution in [0.3, 0.4) is 0 Å². The molecule has 1 aromatic carbocycles. The number of nitro groups is 1. The van der Waals surface area contributed by atoms with Crippen molar-refractivity contribution in [1.82, 2.24) is 4.72 Å². The molecule has 0 spiro atoms. The van der Waals surface area contributed by atoms with Crippen LogP contribution in [-0.4, -0.2) is 31.9 Å². The quantitative estimate of drug-likeness (QED) is 0.446. The number of nitrogens with one attached hydrogen (secondary N) is 1. The first-order valence-electron chi connectivity index (χ1n) is 5.80. The number of nitrogens with zero attached hydrogens (tertiary/aromatic N) is 1. The molecule has 9 heteroatoms. The van der Waals surface area contributed by atoms with Crippen molar-refractivity contribution < 1.29 is 13.3 Å². The highest BCUT2D eigenvalue weighted by molar-refractivity contribution is 7.98. The molecule has 0 saturated heterocycles. The summed E-state index contributed by atoms with van der Waals surface area (Å²) >= 11 is 1.63. The number of hydrogen-bond donors (Lipinski definition) is 2. The first kappa shape index (κ1) is 16.7. The first-order chi connectivity index (χ1) is 9.27. The number of benzene rings is 1. The Labute approximate surface area is 122 Å². The summed E-state index contributed by atoms with van der Waals surface area (Å²) in [4.78, 5) is 9.82. The minimum atomic E-state index is -3.75. The number of sulfonamides is 1. The molecule has 0 heterocycles. The lowest BCUT2D eigenvalue weighted by Gasteiger charge is -2.12. The van der Waals surface area contributed by atoms with E-state index in [0.717, 1.165) is 24.0 Å². The predicted octanol–water partition coefficient (Wildman–Crippen LogP) is 1.45. The summed E-state index contributed by atoms with van der Waals surface area (Å²) in [5.41, 5.74) is 5.21. The summed E-state index contributed by atoms with van der Waals surface area (Å²) in [6.07, 6.45) is 1.94. The van der Waals surface area contributed by atoms with Gasteiger partial charge in [-0.25, -0.2) is 13.1 Å². The van der Waals surface area contributed by atoms with Crippen LogP contribution < -0.4 is 10.5 Å². The summed E-state index contributed by atoms with van der Waals surface area (Å²) in [6.45, 7) is 2.22. The second kappa shape index (κ2) is 6.91. The highest BCUT2D eigenvalue weighted by Gasteiger charge is 2.20. The zero-order chi connectivity index (χ0) is 15.3. The number of nitro benzene ring substituents is 1. The fourth-order valence-electron chi connectivity index (χ4n) is 1.57. The Balaban J connectivity index is 2.90. The zero-order valence-electron chi connectivity index (χ0n) is 11.2. The fraction of sp³-hybridized carbons (Fsp3) is 0.455. The van der Waals surface area contributed by atoms with Gasteiger partial charge in [-0.2, -0.15) is 11.8 Å². The first-order valence-corrected chi connectivity index (χ1v) is 8.68. The number of non-ortho nitro benzene ring substituents is 1. The third-order valence-electron chi connectivity index (χ3n) is 2.57. The summed E-state index contributed by atoms with van der Waals surface area (Å²) < 4.78 is 26.6. The van der Waals surface area contributed by atoms with Gasteiger partial charge in [0.05, 0.1) is 10.6 Å². The number of rotatable bonds is 7. The van der Waals surface area contributed by atoms with Crippen LogP contribution >= 0.6 is 11.8 Å². The van der Waals surface area contributed by atoms with Gasteiger partial charge in [0.25, 0.3) is 5.69 Å². The molecule has 0 fully saturated rings. The highest BCUT2D eigenvalue weighted by Crippen LogP contribution is 2.23. The molecule has 0 aliphatic heterocycles. The van der Waals surface area contributed by atoms with Crippen LogP contribution in [0.4, 0.5) is 11.4 Å². The maximum atomic E-state index is 12.1. The molecule has 0 saturated carbocycles. The van der Waals surface area contributed by atoms with E-state index in [2.05, 4.69) is 4.72 Å². The number of anilines is 1. The van der Waals surface area contributed by atoms with E-state index in [9.17, 15) is 18.5 Å². The Kier molecular flexibility index (Phi) is 5.78. The Morgan fingerprint density at radius 1 is 1.50 bits per heavy atom. The van der Waals surface area contributed by atoms with E-state index in [1.807, 2.05) is 13.2 Å². The fourth-order valence-corrected chi connectivity index (χ4v) is 3.53. The molecule has 3 N–H and O–H groups in total. The van der Waals surface area contributed by atoms with E-state index in [0.29, 0.717) is 6.54 Å². The van der Waals surface area contributed by atoms with Crippen molar-refractivity contribution in [1.29, 1.82) is 0 Å². The summed E-state index contributed by atoms with van der Waals surface area (Å²) in [5.74, 6) is 1.01. The average molecular weight is 319 g/mol. The maximum Gasteiger partial charge on any atom is 0.271 e. The molecule has 1 atom stereocenters. The van der Waals surface area contributed by atoms with Crippen molar-refractivity contribution in [3.63, 3.8) is 0 Å². The van der Waals surface area contributed by atoms with Crippen molar-refractivity contribution in [2.75, 3.05) is 24.3 Å². The van der Waals surface area contributed by atoms with E-state index >= 15 is 0 Å². The van der Waals surface area contributed by atoms with Crippen LogP contribution in [0.25, 0.3) is 0 Å². The van der Waals surface area contributed by atoms with Crippen LogP contribution in [0.15, 0.2) is 23.1 Å². The van der Waals surface area contributed by atoms with Crippen molar-refractivity contribution >= 4 is 33.2 Å². The van der Waals surface area contributed by atoms with Gasteiger partial charge in [0, 0.05) is 18.7 Å². The van der Waals surface area contributed by atoms with Gasteiger partial charge < -0.3 is 5.73 Å². The number of nitrogen functional groups attached to an aromatic ring is 1. The zero-order valence-corrected chi connectivity index (χ0v) is 12.8. The highest BCUT2D eigenvalue weighted by atomic mass is 32.2. The van der Waals surface area contributed by atoms with Crippen molar-refractivity contribution in [3.8, 4) is 0 Å². The molecule has 1 rings (SSSR count). The van der Waals surface area contributed by atoms with Gasteiger partial charge in [0.15, 0.2) is 0 Å². The number of nitrogens with two attached hydrogens (primary N) is 1. The summed E-state index contributed by atoms with van der Waals surface area (Å²) in [7, 11) is -3.75. The Bertz CT molecular complexity index is 589. The van der Waals surface area contributed by atoms with Crippen molar-refractivity contribution in [2.45, 2.75) is 11.8 Å². The molecule has 0 aliphatic carbocycles. The second-order valence-electron chi connectivity index (χ2n) is 4.39. The van der Waals surface area contributed by atoms with E-state index in [1.54, 1.807) is 11.8 Å². The lowest BCUT2D eigenvalue weighted by Crippen LogP contribution is -2.29. The van der Waals surface area contributed by atoms with Crippen molar-refractivity contribution in [3.05, 3.63) is 28.3 Å². The topological polar surface area (TPSA) is 115 Å². The van der Waals surface area contributed by atoms with E-state index < -0.39 is 14.9 Å². The van der Waals surface area contributed by atoms with Gasteiger partial charge in [0.2, 0.25) is 10.0 Å². The lowest BCUT2D eigenvalue weighted by molar-refractivity contribution is -0.384. The normalized spacial score (nSPS) is 13.1. The van der Waals surface area contributed by atoms with Gasteiger partial charge in [-0.15, -0.1) is 0 Å². The average Bonchev–Trinajstić information content (AvgIpc) is 2.36. The largest absolute Gasteiger partial charge is 0.397 e. The molecule has 0 aliphatic rings. The second-order valence-corrected chi connectivity index (χ2v) is 7.04. The van der Waals surface area contributed by atoms with Gasteiger partial charge in [0.1, 0.15) is 4.90 Å². The molecule has 0 radical (unpaired) electrons. The smallest absolute Gasteiger partial charge is 0.271 e. The molecular formula is C11H17N3O4S2. The van der Waals surface area contributed by atoms with Gasteiger partial charge in [-0.3, -0.25) is 10.1 Å². The van der Waals surface area contributed by atoms with E-state index in [1.165, 1.54) is 0 Å². The Morgan fingerprint density at radius 2 is 2.15 bits per heavy atom.